The first-order valence-corrected chi connectivity index (χ1v) is 9.36. The van der Waals surface area contributed by atoms with Gasteiger partial charge >= 0.3 is 5.97 Å². The van der Waals surface area contributed by atoms with Crippen LogP contribution in [0, 0.1) is 0 Å². The van der Waals surface area contributed by atoms with E-state index in [-0.39, 0.29) is 5.69 Å². The Morgan fingerprint density at radius 1 is 0.931 bits per heavy atom. The van der Waals surface area contributed by atoms with Crippen molar-refractivity contribution in [1.29, 1.82) is 0 Å². The van der Waals surface area contributed by atoms with E-state index in [2.05, 4.69) is 16.4 Å². The Morgan fingerprint density at radius 2 is 1.55 bits per heavy atom. The summed E-state index contributed by atoms with van der Waals surface area (Å²) in [7, 11) is 1.32. The third-order valence-electron chi connectivity index (χ3n) is 4.98. The first-order valence-electron chi connectivity index (χ1n) is 9.36. The number of carbonyl (C=O) groups is 2. The molecule has 0 radical (unpaired) electrons. The summed E-state index contributed by atoms with van der Waals surface area (Å²) in [6.45, 7) is 0. The minimum Gasteiger partial charge on any atom is -0.467 e. The van der Waals surface area contributed by atoms with Crippen molar-refractivity contribution in [1.82, 2.24) is 10.3 Å². The number of nitrogens with zero attached hydrogens (tertiary/aromatic N) is 1. The SMILES string of the molecule is COC(=O)[C@@H](Cc1c2ccccc2cc2ccccc12)NC(=O)c1ccccn1. The summed E-state index contributed by atoms with van der Waals surface area (Å²) in [5.74, 6) is -0.906. The number of esters is 1. The lowest BCUT2D eigenvalue weighted by atomic mass is 9.92. The van der Waals surface area contributed by atoms with Crippen LogP contribution in [-0.4, -0.2) is 30.0 Å². The first kappa shape index (κ1) is 18.6. The molecule has 4 aromatic rings. The molecule has 0 bridgehead atoms. The lowest BCUT2D eigenvalue weighted by Gasteiger charge is -2.19. The van der Waals surface area contributed by atoms with Gasteiger partial charge in [0.05, 0.1) is 7.11 Å². The second-order valence-corrected chi connectivity index (χ2v) is 6.77. The Kier molecular flexibility index (Phi) is 5.20. The second-order valence-electron chi connectivity index (χ2n) is 6.77. The van der Waals surface area contributed by atoms with Crippen molar-refractivity contribution in [3.8, 4) is 0 Å². The van der Waals surface area contributed by atoms with Crippen LogP contribution in [0.25, 0.3) is 21.5 Å². The first-order chi connectivity index (χ1) is 14.2. The minimum absolute atomic E-state index is 0.254. The van der Waals surface area contributed by atoms with E-state index in [1.807, 2.05) is 48.5 Å². The highest BCUT2D eigenvalue weighted by molar-refractivity contribution is 6.03. The number of fused-ring (bicyclic) bond motifs is 2. The molecule has 0 saturated heterocycles. The van der Waals surface area contributed by atoms with E-state index in [9.17, 15) is 9.59 Å². The lowest BCUT2D eigenvalue weighted by molar-refractivity contribution is -0.142. The van der Waals surface area contributed by atoms with Gasteiger partial charge in [-0.25, -0.2) is 4.79 Å². The molecule has 0 aliphatic heterocycles. The summed E-state index contributed by atoms with van der Waals surface area (Å²) in [6, 6.07) is 22.5. The summed E-state index contributed by atoms with van der Waals surface area (Å²) in [5.41, 5.74) is 1.25. The van der Waals surface area contributed by atoms with Crippen molar-refractivity contribution in [2.24, 2.45) is 0 Å². The zero-order valence-electron chi connectivity index (χ0n) is 16.0. The molecule has 0 fully saturated rings. The molecule has 4 rings (SSSR count). The molecule has 5 nitrogen and oxygen atoms in total. The van der Waals surface area contributed by atoms with Crippen LogP contribution < -0.4 is 5.32 Å². The number of pyridine rings is 1. The second kappa shape index (κ2) is 8.10. The fourth-order valence-electron chi connectivity index (χ4n) is 3.60. The molecule has 3 aromatic carbocycles. The average molecular weight is 384 g/mol. The normalized spacial score (nSPS) is 11.9. The average Bonchev–Trinajstić information content (AvgIpc) is 2.78. The van der Waals surface area contributed by atoms with Gasteiger partial charge < -0.3 is 10.1 Å². The fraction of sp³-hybridized carbons (Fsp3) is 0.125. The van der Waals surface area contributed by atoms with Crippen LogP contribution in [-0.2, 0) is 16.0 Å². The van der Waals surface area contributed by atoms with Crippen molar-refractivity contribution >= 4 is 33.4 Å². The van der Waals surface area contributed by atoms with Crippen LogP contribution in [0.15, 0.2) is 79.0 Å². The lowest BCUT2D eigenvalue weighted by Crippen LogP contribution is -2.43. The Balaban J connectivity index is 1.76. The van der Waals surface area contributed by atoms with E-state index < -0.39 is 17.9 Å². The van der Waals surface area contributed by atoms with Crippen LogP contribution in [0.5, 0.6) is 0 Å². The number of ether oxygens (including phenoxy) is 1. The highest BCUT2D eigenvalue weighted by Crippen LogP contribution is 2.29. The molecule has 0 aliphatic carbocycles. The Labute approximate surface area is 168 Å². The van der Waals surface area contributed by atoms with E-state index >= 15 is 0 Å². The molecule has 1 heterocycles. The zero-order chi connectivity index (χ0) is 20.2. The molecule has 0 spiro atoms. The van der Waals surface area contributed by atoms with E-state index in [4.69, 9.17) is 4.74 Å². The number of aromatic nitrogens is 1. The standard InChI is InChI=1S/C24H20N2O3/c1-29-24(28)22(26-23(27)21-12-6-7-13-25-21)15-20-18-10-4-2-8-16(18)14-17-9-3-5-11-19(17)20/h2-14,22H,15H2,1H3,(H,26,27)/t22-/m1/s1. The van der Waals surface area contributed by atoms with Crippen LogP contribution in [0.3, 0.4) is 0 Å². The van der Waals surface area contributed by atoms with E-state index in [0.717, 1.165) is 27.1 Å². The van der Waals surface area contributed by atoms with E-state index in [0.29, 0.717) is 6.42 Å². The maximum absolute atomic E-state index is 12.6. The molecule has 0 saturated carbocycles. The van der Waals surface area contributed by atoms with Gasteiger partial charge in [-0.05, 0) is 45.3 Å². The quantitative estimate of drug-likeness (QED) is 0.419. The number of nitrogens with one attached hydrogen (secondary N) is 1. The van der Waals surface area contributed by atoms with Gasteiger partial charge in [0.15, 0.2) is 0 Å². The van der Waals surface area contributed by atoms with Gasteiger partial charge in [-0.15, -0.1) is 0 Å². The van der Waals surface area contributed by atoms with Crippen molar-refractivity contribution < 1.29 is 14.3 Å². The van der Waals surface area contributed by atoms with Crippen LogP contribution >= 0.6 is 0 Å². The number of hydrogen-bond acceptors (Lipinski definition) is 4. The van der Waals surface area contributed by atoms with Gasteiger partial charge in [-0.1, -0.05) is 54.6 Å². The van der Waals surface area contributed by atoms with Crippen LogP contribution in [0.2, 0.25) is 0 Å². The number of amides is 1. The number of hydrogen-bond donors (Lipinski definition) is 1. The molecule has 0 aliphatic rings. The largest absolute Gasteiger partial charge is 0.467 e. The highest BCUT2D eigenvalue weighted by Gasteiger charge is 2.25. The smallest absolute Gasteiger partial charge is 0.328 e. The Bertz CT molecular complexity index is 1130. The van der Waals surface area contributed by atoms with Gasteiger partial charge in [-0.2, -0.15) is 0 Å². The molecule has 1 atom stereocenters. The highest BCUT2D eigenvalue weighted by atomic mass is 16.5. The number of methoxy groups -OCH3 is 1. The monoisotopic (exact) mass is 384 g/mol. The summed E-state index contributed by atoms with van der Waals surface area (Å²) < 4.78 is 4.97. The molecular formula is C24H20N2O3. The van der Waals surface area contributed by atoms with Crippen molar-refractivity contribution in [2.75, 3.05) is 7.11 Å². The summed E-state index contributed by atoms with van der Waals surface area (Å²) in [4.78, 5) is 29.2. The maximum atomic E-state index is 12.6. The van der Waals surface area contributed by atoms with Gasteiger partial charge in [-0.3, -0.25) is 9.78 Å². The van der Waals surface area contributed by atoms with Crippen LogP contribution in [0.1, 0.15) is 16.1 Å². The Morgan fingerprint density at radius 3 is 2.14 bits per heavy atom. The van der Waals surface area contributed by atoms with Crippen molar-refractivity contribution in [3.63, 3.8) is 0 Å². The topological polar surface area (TPSA) is 68.3 Å². The summed E-state index contributed by atoms with van der Waals surface area (Å²) >= 11 is 0. The van der Waals surface area contributed by atoms with Gasteiger partial charge in [0.25, 0.3) is 5.91 Å². The number of carbonyl (C=O) groups excluding carboxylic acids is 2. The summed E-state index contributed by atoms with van der Waals surface area (Å²) in [5, 5.41) is 7.05. The third kappa shape index (κ3) is 3.80. The predicted molar refractivity (Wildman–Crippen MR) is 113 cm³/mol. The van der Waals surface area contributed by atoms with Crippen LogP contribution in [0.4, 0.5) is 0 Å². The zero-order valence-corrected chi connectivity index (χ0v) is 16.0. The Hall–Kier alpha value is -3.73. The molecule has 29 heavy (non-hydrogen) atoms. The summed E-state index contributed by atoms with van der Waals surface area (Å²) in [6.07, 6.45) is 1.85. The molecule has 0 unspecified atom stereocenters. The van der Waals surface area contributed by atoms with E-state index in [1.165, 1.54) is 7.11 Å². The molecule has 5 heteroatoms. The maximum Gasteiger partial charge on any atom is 0.328 e. The molecule has 144 valence electrons. The number of rotatable bonds is 5. The van der Waals surface area contributed by atoms with Gasteiger partial charge in [0.1, 0.15) is 11.7 Å². The molecular weight excluding hydrogens is 364 g/mol. The molecule has 1 N–H and O–H groups in total. The van der Waals surface area contributed by atoms with Crippen molar-refractivity contribution in [3.05, 3.63) is 90.3 Å². The van der Waals surface area contributed by atoms with Crippen molar-refractivity contribution in [2.45, 2.75) is 12.5 Å². The predicted octanol–water partition coefficient (Wildman–Crippen LogP) is 3.90. The van der Waals surface area contributed by atoms with Gasteiger partial charge in [0.2, 0.25) is 0 Å². The fourth-order valence-corrected chi connectivity index (χ4v) is 3.60. The third-order valence-corrected chi connectivity index (χ3v) is 4.98. The molecule has 1 aromatic heterocycles. The minimum atomic E-state index is -0.830. The number of benzene rings is 3. The van der Waals surface area contributed by atoms with E-state index in [1.54, 1.807) is 24.4 Å². The molecule has 1 amide bonds. The van der Waals surface area contributed by atoms with Gasteiger partial charge in [0, 0.05) is 12.6 Å².